The van der Waals surface area contributed by atoms with Gasteiger partial charge < -0.3 is 20.5 Å². The Balaban J connectivity index is 1.33. The van der Waals surface area contributed by atoms with Gasteiger partial charge in [0.25, 0.3) is 0 Å². The van der Waals surface area contributed by atoms with E-state index >= 15 is 0 Å². The molecule has 0 spiro atoms. The molecule has 0 saturated heterocycles. The average Bonchev–Trinajstić information content (AvgIpc) is 3.42. The maximum Gasteiger partial charge on any atom is 0.407 e. The summed E-state index contributed by atoms with van der Waals surface area (Å²) in [6.07, 6.45) is 2.44. The molecule has 1 aliphatic rings. The summed E-state index contributed by atoms with van der Waals surface area (Å²) in [6, 6.07) is 15.2. The van der Waals surface area contributed by atoms with Gasteiger partial charge in [0, 0.05) is 5.92 Å². The number of alkyl carbamates (subject to hydrolysis) is 1. The molecule has 10 heteroatoms. The third-order valence-electron chi connectivity index (χ3n) is 5.68. The van der Waals surface area contributed by atoms with Gasteiger partial charge in [0.05, 0.1) is 12.7 Å². The van der Waals surface area contributed by atoms with Gasteiger partial charge >= 0.3 is 12.1 Å². The van der Waals surface area contributed by atoms with E-state index in [1.807, 2.05) is 36.4 Å². The number of benzene rings is 2. The number of nitrogens with one attached hydrogen (secondary N) is 2. The summed E-state index contributed by atoms with van der Waals surface area (Å²) in [5.41, 5.74) is 4.83. The summed E-state index contributed by atoms with van der Waals surface area (Å²) < 4.78 is 6.68. The number of amides is 2. The van der Waals surface area contributed by atoms with Gasteiger partial charge in [-0.3, -0.25) is 9.59 Å². The van der Waals surface area contributed by atoms with E-state index in [-0.39, 0.29) is 32.0 Å². The molecule has 1 heterocycles. The van der Waals surface area contributed by atoms with Crippen LogP contribution in [0.1, 0.15) is 29.2 Å². The van der Waals surface area contributed by atoms with Crippen LogP contribution in [0.3, 0.4) is 0 Å². The molecule has 0 saturated carbocycles. The zero-order valence-corrected chi connectivity index (χ0v) is 18.9. The fourth-order valence-corrected chi connectivity index (χ4v) is 4.12. The van der Waals surface area contributed by atoms with Gasteiger partial charge in [-0.25, -0.2) is 9.48 Å². The largest absolute Gasteiger partial charge is 0.480 e. The first-order valence-corrected chi connectivity index (χ1v) is 11.1. The number of hydrogen-bond acceptors (Lipinski definition) is 6. The molecule has 0 radical (unpaired) electrons. The van der Waals surface area contributed by atoms with Crippen LogP contribution in [0.15, 0.2) is 67.4 Å². The Labute approximate surface area is 201 Å². The molecule has 0 fully saturated rings. The first-order chi connectivity index (χ1) is 17.0. The number of hydrogen-bond donors (Lipinski definition) is 3. The summed E-state index contributed by atoms with van der Waals surface area (Å²) in [5, 5.41) is 21.6. The summed E-state index contributed by atoms with van der Waals surface area (Å²) in [5.74, 6) is -1.59. The number of carboxylic acid groups (broad SMARTS) is 1. The molecule has 4 rings (SSSR count). The number of aliphatic carboxylic acids is 1. The highest BCUT2D eigenvalue weighted by molar-refractivity contribution is 5.86. The van der Waals surface area contributed by atoms with Crippen LogP contribution in [0.2, 0.25) is 0 Å². The van der Waals surface area contributed by atoms with Gasteiger partial charge in [-0.1, -0.05) is 59.8 Å². The second kappa shape index (κ2) is 10.6. The topological polar surface area (TPSA) is 135 Å². The number of carbonyl (C=O) groups is 3. The molecule has 180 valence electrons. The van der Waals surface area contributed by atoms with Crippen molar-refractivity contribution in [1.82, 2.24) is 25.6 Å². The lowest BCUT2D eigenvalue weighted by atomic mass is 9.98. The van der Waals surface area contributed by atoms with Gasteiger partial charge in [0.15, 0.2) is 0 Å². The lowest BCUT2D eigenvalue weighted by molar-refractivity contribution is -0.138. The maximum atomic E-state index is 12.6. The minimum absolute atomic E-state index is 0.0263. The van der Waals surface area contributed by atoms with Crippen molar-refractivity contribution in [2.24, 2.45) is 0 Å². The zero-order valence-electron chi connectivity index (χ0n) is 18.9. The number of ether oxygens (including phenoxy) is 1. The number of nitrogens with zero attached hydrogens (tertiary/aromatic N) is 3. The quantitative estimate of drug-likeness (QED) is 0.383. The maximum absolute atomic E-state index is 12.6. The zero-order chi connectivity index (χ0) is 24.8. The van der Waals surface area contributed by atoms with Crippen molar-refractivity contribution in [1.29, 1.82) is 0 Å². The Morgan fingerprint density at radius 3 is 2.40 bits per heavy atom. The fraction of sp³-hybridized carbons (Fsp3) is 0.240. The van der Waals surface area contributed by atoms with Crippen LogP contribution >= 0.6 is 0 Å². The van der Waals surface area contributed by atoms with Gasteiger partial charge in [-0.2, -0.15) is 0 Å². The minimum Gasteiger partial charge on any atom is -0.480 e. The van der Waals surface area contributed by atoms with Crippen LogP contribution in [0.5, 0.6) is 0 Å². The monoisotopic (exact) mass is 475 g/mol. The van der Waals surface area contributed by atoms with E-state index in [1.54, 1.807) is 0 Å². The molecular weight excluding hydrogens is 450 g/mol. The van der Waals surface area contributed by atoms with E-state index in [0.717, 1.165) is 26.9 Å². The highest BCUT2D eigenvalue weighted by Gasteiger charge is 2.29. The molecule has 2 amide bonds. The van der Waals surface area contributed by atoms with Gasteiger partial charge in [0.2, 0.25) is 5.91 Å². The van der Waals surface area contributed by atoms with Crippen molar-refractivity contribution >= 4 is 18.0 Å². The van der Waals surface area contributed by atoms with E-state index in [4.69, 9.17) is 9.84 Å². The predicted molar refractivity (Wildman–Crippen MR) is 126 cm³/mol. The van der Waals surface area contributed by atoms with Crippen molar-refractivity contribution in [2.45, 2.75) is 31.5 Å². The molecule has 1 aromatic heterocycles. The Morgan fingerprint density at radius 1 is 1.11 bits per heavy atom. The number of aromatic nitrogens is 3. The first kappa shape index (κ1) is 23.7. The molecule has 35 heavy (non-hydrogen) atoms. The lowest BCUT2D eigenvalue weighted by Crippen LogP contribution is -2.46. The summed E-state index contributed by atoms with van der Waals surface area (Å²) in [6.45, 7) is 3.48. The standard InChI is InChI=1S/C25H25N5O5/c1-2-7-22(24(33)26-12-16-13-30(29-28-16)14-23(31)32)27-25(34)35-15-21-19-10-5-3-8-17(19)18-9-4-6-11-20(18)21/h2-6,8-11,13,21-22H,1,7,12,14-15H2,(H,26,33)(H,27,34)(H,31,32). The predicted octanol–water partition coefficient (Wildman–Crippen LogP) is 2.46. The Bertz CT molecular complexity index is 1210. The second-order valence-electron chi connectivity index (χ2n) is 8.07. The molecule has 0 aliphatic heterocycles. The van der Waals surface area contributed by atoms with Crippen molar-refractivity contribution in [3.8, 4) is 11.1 Å². The second-order valence-corrected chi connectivity index (χ2v) is 8.07. The third-order valence-corrected chi connectivity index (χ3v) is 5.68. The molecule has 3 aromatic rings. The molecule has 1 atom stereocenters. The van der Waals surface area contributed by atoms with Crippen molar-refractivity contribution < 1.29 is 24.2 Å². The minimum atomic E-state index is -1.05. The van der Waals surface area contributed by atoms with Crippen LogP contribution in [-0.2, 0) is 27.4 Å². The average molecular weight is 476 g/mol. The van der Waals surface area contributed by atoms with Crippen molar-refractivity contribution in [3.05, 3.63) is 84.2 Å². The molecule has 10 nitrogen and oxygen atoms in total. The van der Waals surface area contributed by atoms with Crippen LogP contribution in [0.4, 0.5) is 4.79 Å². The van der Waals surface area contributed by atoms with Crippen LogP contribution in [-0.4, -0.2) is 50.7 Å². The van der Waals surface area contributed by atoms with Crippen LogP contribution in [0.25, 0.3) is 11.1 Å². The number of carbonyl (C=O) groups excluding carboxylic acids is 2. The molecule has 1 unspecified atom stereocenters. The number of rotatable bonds is 10. The summed E-state index contributed by atoms with van der Waals surface area (Å²) in [7, 11) is 0. The normalized spacial score (nSPS) is 12.8. The summed E-state index contributed by atoms with van der Waals surface area (Å²) in [4.78, 5) is 35.9. The molecule has 2 aromatic carbocycles. The highest BCUT2D eigenvalue weighted by Crippen LogP contribution is 2.44. The van der Waals surface area contributed by atoms with Gasteiger partial charge in [-0.05, 0) is 28.7 Å². The first-order valence-electron chi connectivity index (χ1n) is 11.1. The van der Waals surface area contributed by atoms with E-state index in [1.165, 1.54) is 12.3 Å². The highest BCUT2D eigenvalue weighted by atomic mass is 16.5. The Morgan fingerprint density at radius 2 is 1.77 bits per heavy atom. The SMILES string of the molecule is C=CCC(NC(=O)OCC1c2ccccc2-c2ccccc21)C(=O)NCc1cn(CC(=O)O)nn1. The van der Waals surface area contributed by atoms with Gasteiger partial charge in [0.1, 0.15) is 24.9 Å². The van der Waals surface area contributed by atoms with E-state index < -0.39 is 24.0 Å². The van der Waals surface area contributed by atoms with E-state index in [9.17, 15) is 14.4 Å². The smallest absolute Gasteiger partial charge is 0.407 e. The summed E-state index contributed by atoms with van der Waals surface area (Å²) >= 11 is 0. The lowest BCUT2D eigenvalue weighted by Gasteiger charge is -2.18. The molecule has 0 bridgehead atoms. The van der Waals surface area contributed by atoms with Gasteiger partial charge in [-0.15, -0.1) is 11.7 Å². The van der Waals surface area contributed by atoms with E-state index in [0.29, 0.717) is 5.69 Å². The Kier molecular flexibility index (Phi) is 7.20. The van der Waals surface area contributed by atoms with Crippen LogP contribution in [0, 0.1) is 0 Å². The molecular formula is C25H25N5O5. The molecule has 3 N–H and O–H groups in total. The van der Waals surface area contributed by atoms with Crippen molar-refractivity contribution in [3.63, 3.8) is 0 Å². The van der Waals surface area contributed by atoms with Crippen molar-refractivity contribution in [2.75, 3.05) is 6.61 Å². The molecule has 1 aliphatic carbocycles. The van der Waals surface area contributed by atoms with E-state index in [2.05, 4.69) is 39.7 Å². The third kappa shape index (κ3) is 5.55. The fourth-order valence-electron chi connectivity index (χ4n) is 4.12. The van der Waals surface area contributed by atoms with Crippen LogP contribution < -0.4 is 10.6 Å². The number of fused-ring (bicyclic) bond motifs is 3. The number of carboxylic acids is 1. The Hall–Kier alpha value is -4.47.